The maximum absolute atomic E-state index is 13.6. The van der Waals surface area contributed by atoms with Crippen LogP contribution in [0.2, 0.25) is 5.28 Å². The third kappa shape index (κ3) is 22.5. The van der Waals surface area contributed by atoms with E-state index in [0.29, 0.717) is 139 Å². The highest BCUT2D eigenvalue weighted by Crippen LogP contribution is 2.55. The Balaban J connectivity index is 0.629. The molecular formula is C49H65ClF3N9O19P2S. The molecule has 1 amide bonds. The zero-order valence-electron chi connectivity index (χ0n) is 45.2. The van der Waals surface area contributed by atoms with Crippen LogP contribution in [0.3, 0.4) is 0 Å². The molecule has 35 heteroatoms. The van der Waals surface area contributed by atoms with E-state index in [1.807, 2.05) is 17.0 Å². The number of nitrogens with zero attached hydrogens (tertiary/aromatic N) is 8. The lowest BCUT2D eigenvalue weighted by molar-refractivity contribution is -0.136. The number of benzene rings is 2. The molecule has 2 aliphatic heterocycles. The number of aliphatic hydroxyl groups is 1. The molecule has 0 spiro atoms. The first kappa shape index (κ1) is 66.7. The molecule has 0 radical (unpaired) electrons. The summed E-state index contributed by atoms with van der Waals surface area (Å²) in [5.74, 6) is -6.08. The summed E-state index contributed by atoms with van der Waals surface area (Å²) < 4.78 is 126. The maximum Gasteiger partial charge on any atom is 0.340 e. The molecule has 0 saturated carbocycles. The van der Waals surface area contributed by atoms with Crippen LogP contribution in [0, 0.1) is 17.5 Å². The second-order valence-electron chi connectivity index (χ2n) is 18.5. The zero-order chi connectivity index (χ0) is 59.9. The van der Waals surface area contributed by atoms with E-state index in [2.05, 4.69) is 35.4 Å². The number of hydrogen-bond acceptors (Lipinski definition) is 23. The predicted octanol–water partition coefficient (Wildman–Crippen LogP) is 3.51. The fourth-order valence-electron chi connectivity index (χ4n) is 7.99. The summed E-state index contributed by atoms with van der Waals surface area (Å²) >= 11 is 7.91. The number of hydrogen-bond donors (Lipinski definition) is 5. The minimum absolute atomic E-state index is 0.0313. The van der Waals surface area contributed by atoms with Gasteiger partial charge in [-0.15, -0.1) is 16.9 Å². The number of esters is 1. The van der Waals surface area contributed by atoms with E-state index in [9.17, 15) is 41.9 Å². The van der Waals surface area contributed by atoms with E-state index in [4.69, 9.17) is 68.5 Å². The first-order valence-corrected chi connectivity index (χ1v) is 31.2. The number of aliphatic hydroxyl groups excluding tert-OH is 1. The quantitative estimate of drug-likeness (QED) is 0.00935. The number of amides is 1. The van der Waals surface area contributed by atoms with Gasteiger partial charge in [-0.2, -0.15) is 15.1 Å². The molecule has 5 aromatic rings. The number of nitrogens with one attached hydrogen (secondary N) is 1. The summed E-state index contributed by atoms with van der Waals surface area (Å²) in [4.78, 5) is 64.3. The molecule has 2 fully saturated rings. The van der Waals surface area contributed by atoms with Gasteiger partial charge >= 0.3 is 21.2 Å². The number of aromatic nitrogens is 7. The average molecular weight is 1270 g/mol. The Hall–Kier alpha value is -4.80. The fraction of sp³-hybridized carbons (Fsp3) is 0.571. The van der Waals surface area contributed by atoms with Crippen LogP contribution in [0.25, 0.3) is 11.0 Å². The summed E-state index contributed by atoms with van der Waals surface area (Å²) in [6, 6.07) is 7.91. The van der Waals surface area contributed by atoms with Crippen LogP contribution in [0.4, 0.5) is 19.0 Å². The molecule has 1 unspecified atom stereocenters. The van der Waals surface area contributed by atoms with Crippen molar-refractivity contribution in [3.63, 3.8) is 0 Å². The minimum atomic E-state index is -4.82. The molecule has 28 nitrogen and oxygen atoms in total. The number of thioether (sulfide) groups is 1. The molecule has 2 saturated heterocycles. The Morgan fingerprint density at radius 2 is 1.39 bits per heavy atom. The lowest BCUT2D eigenvalue weighted by atomic mass is 10.1. The number of anilines is 1. The molecule has 7 rings (SSSR count). The van der Waals surface area contributed by atoms with Crippen molar-refractivity contribution in [3.8, 4) is 5.75 Å². The van der Waals surface area contributed by atoms with E-state index >= 15 is 0 Å². The van der Waals surface area contributed by atoms with Gasteiger partial charge in [0.25, 0.3) is 5.91 Å². The van der Waals surface area contributed by atoms with Crippen LogP contribution < -0.4 is 15.0 Å². The van der Waals surface area contributed by atoms with Crippen molar-refractivity contribution in [2.45, 2.75) is 55.4 Å². The Labute approximate surface area is 488 Å². The third-order valence-corrected chi connectivity index (χ3v) is 16.5. The fourth-order valence-corrected chi connectivity index (χ4v) is 11.5. The van der Waals surface area contributed by atoms with Crippen LogP contribution >= 0.6 is 38.6 Å². The molecule has 4 atom stereocenters. The molecule has 0 aliphatic carbocycles. The molecule has 464 valence electrons. The molecule has 3 aromatic heterocycles. The SMILES string of the molecule is O=C(CCOCCOCCOCCOCCn1cc(COCCOCCOCCOCCSc2ccc(C(=O)NC3CN(c4nc(Cl)nc5c4cnn5[C@@H]4O[C@H](COP(=O)(O)CP(=O)(O)O)C[C@H]4O)C3)cc2)nn1)Oc1c(F)cc(F)cc1F. The Kier molecular flexibility index (Phi) is 27.0. The van der Waals surface area contributed by atoms with Crippen molar-refractivity contribution in [2.24, 2.45) is 0 Å². The summed E-state index contributed by atoms with van der Waals surface area (Å²) in [5.41, 5.74) is 1.42. The van der Waals surface area contributed by atoms with Gasteiger partial charge in [-0.1, -0.05) is 5.21 Å². The Morgan fingerprint density at radius 3 is 2.02 bits per heavy atom. The van der Waals surface area contributed by atoms with E-state index in [-0.39, 0.29) is 62.1 Å². The van der Waals surface area contributed by atoms with Crippen molar-refractivity contribution in [2.75, 3.05) is 135 Å². The maximum atomic E-state index is 13.6. The topological polar surface area (TPSA) is 340 Å². The number of carbonyl (C=O) groups is 2. The summed E-state index contributed by atoms with van der Waals surface area (Å²) in [6.45, 7) is 6.12. The first-order chi connectivity index (χ1) is 40.4. The smallest absolute Gasteiger partial charge is 0.340 e. The van der Waals surface area contributed by atoms with Gasteiger partial charge in [0.2, 0.25) is 11.0 Å². The monoisotopic (exact) mass is 1270 g/mol. The zero-order valence-corrected chi connectivity index (χ0v) is 48.6. The average Bonchev–Trinajstić information content (AvgIpc) is 4.18. The second-order valence-corrected chi connectivity index (χ2v) is 24.0. The van der Waals surface area contributed by atoms with Gasteiger partial charge in [-0.05, 0) is 35.9 Å². The number of ether oxygens (including phenoxy) is 10. The Morgan fingerprint density at radius 1 is 0.798 bits per heavy atom. The van der Waals surface area contributed by atoms with Crippen molar-refractivity contribution < 1.29 is 104 Å². The predicted molar refractivity (Wildman–Crippen MR) is 290 cm³/mol. The van der Waals surface area contributed by atoms with Gasteiger partial charge in [-0.25, -0.2) is 22.5 Å². The van der Waals surface area contributed by atoms with Gasteiger partial charge in [0.05, 0.1) is 155 Å². The molecule has 2 aliphatic rings. The van der Waals surface area contributed by atoms with E-state index in [1.54, 1.807) is 34.8 Å². The van der Waals surface area contributed by atoms with Crippen molar-refractivity contribution in [1.82, 2.24) is 40.1 Å². The number of carbonyl (C=O) groups excluding carboxylic acids is 2. The van der Waals surface area contributed by atoms with Crippen LogP contribution in [0.15, 0.2) is 53.7 Å². The minimum Gasteiger partial charge on any atom is -0.420 e. The highest BCUT2D eigenvalue weighted by atomic mass is 35.5. The van der Waals surface area contributed by atoms with Crippen LogP contribution in [0.5, 0.6) is 5.75 Å². The number of rotatable bonds is 40. The highest BCUT2D eigenvalue weighted by molar-refractivity contribution is 7.99. The van der Waals surface area contributed by atoms with Gasteiger partial charge in [0, 0.05) is 47.9 Å². The molecule has 5 heterocycles. The Bertz CT molecular complexity index is 2950. The largest absolute Gasteiger partial charge is 0.420 e. The van der Waals surface area contributed by atoms with Gasteiger partial charge in [-0.3, -0.25) is 18.7 Å². The molecule has 84 heavy (non-hydrogen) atoms. The highest BCUT2D eigenvalue weighted by Gasteiger charge is 2.40. The lowest BCUT2D eigenvalue weighted by Crippen LogP contribution is -2.59. The van der Waals surface area contributed by atoms with Crippen molar-refractivity contribution in [1.29, 1.82) is 0 Å². The van der Waals surface area contributed by atoms with Gasteiger partial charge in [0.15, 0.2) is 29.4 Å². The second kappa shape index (κ2) is 33.9. The van der Waals surface area contributed by atoms with Gasteiger partial charge in [0.1, 0.15) is 23.4 Å². The lowest BCUT2D eigenvalue weighted by Gasteiger charge is -2.40. The van der Waals surface area contributed by atoms with Crippen LogP contribution in [-0.2, 0) is 74.2 Å². The summed E-state index contributed by atoms with van der Waals surface area (Å²) in [6.07, 6.45) is -0.159. The van der Waals surface area contributed by atoms with Crippen LogP contribution in [0.1, 0.15) is 35.1 Å². The van der Waals surface area contributed by atoms with E-state index in [1.165, 1.54) is 10.9 Å². The first-order valence-electron chi connectivity index (χ1n) is 26.3. The van der Waals surface area contributed by atoms with Crippen LogP contribution in [-0.4, -0.2) is 215 Å². The molecule has 5 N–H and O–H groups in total. The standard InChI is InChI=1S/C49H65ClF3N9O19P2S/c50-49-56-45(39-26-54-62(46(39)57-49)48-42(63)25-37(80-48)31-79-83(69,70)32-82(66,67)68)60-27-35(28-60)55-47(65)33-1-3-38(4-2-33)84-22-21-77-18-17-75-15-16-76-19-20-78-30-36-29-61(59-58-36)6-8-72-10-12-74-14-13-73-11-9-71-7-5-43(64)81-44-40(52)23-34(51)24-41(44)53/h1-4,23-24,26,29,35,37,42,48,63H,5-22,25,27-28,30-32H2,(H,55,65)(H,69,70)(H2,66,67,68)/t37-,42+,48+/m0/s1. The third-order valence-electron chi connectivity index (χ3n) is 11.9. The van der Waals surface area contributed by atoms with Gasteiger partial charge < -0.3 is 81.9 Å². The van der Waals surface area contributed by atoms with Crippen molar-refractivity contribution in [3.05, 3.63) is 82.8 Å². The summed E-state index contributed by atoms with van der Waals surface area (Å²) in [7, 11) is -9.45. The normalized spacial score (nSPS) is 17.2. The number of halogens is 4. The number of fused-ring (bicyclic) bond motifs is 1. The molecule has 0 bridgehead atoms. The molecular weight excluding hydrogens is 1210 g/mol. The van der Waals surface area contributed by atoms with E-state index < -0.39 is 75.3 Å². The molecule has 2 aromatic carbocycles. The van der Waals surface area contributed by atoms with Crippen molar-refractivity contribution >= 4 is 67.3 Å². The van der Waals surface area contributed by atoms with E-state index in [0.717, 1.165) is 4.90 Å². The summed E-state index contributed by atoms with van der Waals surface area (Å²) in [5, 5.41) is 26.7.